The maximum Gasteiger partial charge on any atom is 0.320 e. The average molecular weight is 302 g/mol. The third-order valence-electron chi connectivity index (χ3n) is 2.61. The predicted molar refractivity (Wildman–Crippen MR) is 69.6 cm³/mol. The first-order chi connectivity index (χ1) is 7.85. The van der Waals surface area contributed by atoms with Gasteiger partial charge in [0.25, 0.3) is 0 Å². The minimum absolute atomic E-state index is 0.0792. The van der Waals surface area contributed by atoms with Gasteiger partial charge < -0.3 is 5.11 Å². The molecule has 0 radical (unpaired) electrons. The van der Waals surface area contributed by atoms with Crippen molar-refractivity contribution in [1.29, 1.82) is 0 Å². The summed E-state index contributed by atoms with van der Waals surface area (Å²) in [5.41, 5.74) is 0. The van der Waals surface area contributed by atoms with Gasteiger partial charge in [-0.25, -0.2) is 8.42 Å². The first-order valence-corrected chi connectivity index (χ1v) is 8.83. The van der Waals surface area contributed by atoms with E-state index in [1.54, 1.807) is 11.8 Å². The van der Waals surface area contributed by atoms with Gasteiger partial charge in [-0.15, -0.1) is 11.6 Å². The molecule has 0 unspecified atom stereocenters. The molecule has 1 heterocycles. The Balaban J connectivity index is 2.58. The van der Waals surface area contributed by atoms with Crippen molar-refractivity contribution in [2.45, 2.75) is 23.9 Å². The highest BCUT2D eigenvalue weighted by molar-refractivity contribution is 7.98. The van der Waals surface area contributed by atoms with E-state index < -0.39 is 33.3 Å². The topological polar surface area (TPSA) is 83.5 Å². The zero-order valence-electron chi connectivity index (χ0n) is 9.43. The van der Waals surface area contributed by atoms with E-state index in [0.717, 1.165) is 0 Å². The number of alkyl halides is 1. The minimum atomic E-state index is -3.13. The van der Waals surface area contributed by atoms with Crippen LogP contribution in [0.2, 0.25) is 0 Å². The fraction of sp³-hybridized carbons (Fsp3) is 0.889. The monoisotopic (exact) mass is 301 g/mol. The Morgan fingerprint density at radius 1 is 1.59 bits per heavy atom. The summed E-state index contributed by atoms with van der Waals surface area (Å²) in [4.78, 5) is 11.0. The van der Waals surface area contributed by atoms with E-state index in [9.17, 15) is 13.2 Å². The molecule has 0 saturated carbocycles. The van der Waals surface area contributed by atoms with Crippen molar-refractivity contribution < 1.29 is 18.3 Å². The van der Waals surface area contributed by atoms with Crippen molar-refractivity contribution in [3.05, 3.63) is 0 Å². The zero-order valence-corrected chi connectivity index (χ0v) is 11.8. The predicted octanol–water partition coefficient (Wildman–Crippen LogP) is 0.187. The van der Waals surface area contributed by atoms with E-state index in [1.807, 2.05) is 6.26 Å². The normalized spacial score (nSPS) is 29.1. The van der Waals surface area contributed by atoms with Crippen LogP contribution < -0.4 is 5.32 Å². The molecule has 0 aliphatic carbocycles. The molecule has 0 aromatic rings. The number of carboxylic acids is 1. The van der Waals surface area contributed by atoms with Crippen molar-refractivity contribution in [1.82, 2.24) is 5.32 Å². The number of hydrogen-bond donors (Lipinski definition) is 2. The molecule has 5 nitrogen and oxygen atoms in total. The summed E-state index contributed by atoms with van der Waals surface area (Å²) in [5, 5.41) is 11.3. The Morgan fingerprint density at radius 2 is 2.24 bits per heavy atom. The van der Waals surface area contributed by atoms with Gasteiger partial charge in [-0.2, -0.15) is 11.8 Å². The fourth-order valence-corrected chi connectivity index (χ4v) is 4.77. The molecule has 0 aromatic heterocycles. The van der Waals surface area contributed by atoms with E-state index in [2.05, 4.69) is 5.32 Å². The Labute approximate surface area is 110 Å². The summed E-state index contributed by atoms with van der Waals surface area (Å²) < 4.78 is 22.7. The maximum atomic E-state index is 11.3. The lowest BCUT2D eigenvalue weighted by Gasteiger charge is -2.20. The van der Waals surface area contributed by atoms with Gasteiger partial charge in [0, 0.05) is 6.04 Å². The largest absolute Gasteiger partial charge is 0.480 e. The number of aliphatic carboxylic acids is 1. The van der Waals surface area contributed by atoms with E-state index in [-0.39, 0.29) is 11.5 Å². The van der Waals surface area contributed by atoms with Crippen LogP contribution >= 0.6 is 23.4 Å². The first-order valence-electron chi connectivity index (χ1n) is 5.18. The van der Waals surface area contributed by atoms with Crippen molar-refractivity contribution in [2.75, 3.05) is 23.5 Å². The second-order valence-corrected chi connectivity index (χ2v) is 7.74. The summed E-state index contributed by atoms with van der Waals surface area (Å²) in [6.07, 6.45) is 2.35. The molecule has 100 valence electrons. The fourth-order valence-electron chi connectivity index (χ4n) is 1.73. The summed E-state index contributed by atoms with van der Waals surface area (Å²) in [5.74, 6) is -0.422. The molecule has 1 fully saturated rings. The molecule has 0 amide bonds. The summed E-state index contributed by atoms with van der Waals surface area (Å²) in [6.45, 7) is 0. The number of rotatable bonds is 6. The number of halogens is 1. The van der Waals surface area contributed by atoms with Crippen LogP contribution in [0.4, 0.5) is 0 Å². The average Bonchev–Trinajstić information content (AvgIpc) is 2.46. The molecular formula is C9H16ClNO4S2. The number of hydrogen-bond acceptors (Lipinski definition) is 5. The van der Waals surface area contributed by atoms with Crippen LogP contribution in [-0.4, -0.2) is 60.5 Å². The zero-order chi connectivity index (χ0) is 13.1. The first kappa shape index (κ1) is 15.1. The van der Waals surface area contributed by atoms with E-state index in [1.165, 1.54) is 0 Å². The number of thioether (sulfide) groups is 1. The number of carboxylic acid groups (broad SMARTS) is 1. The van der Waals surface area contributed by atoms with E-state index in [4.69, 9.17) is 16.7 Å². The summed E-state index contributed by atoms with van der Waals surface area (Å²) >= 11 is 7.46. The molecule has 17 heavy (non-hydrogen) atoms. The van der Waals surface area contributed by atoms with E-state index >= 15 is 0 Å². The van der Waals surface area contributed by atoms with Gasteiger partial charge in [0.05, 0.1) is 16.9 Å². The van der Waals surface area contributed by atoms with E-state index in [0.29, 0.717) is 12.2 Å². The Bertz CT molecular complexity index is 373. The van der Waals surface area contributed by atoms with Crippen molar-refractivity contribution >= 4 is 39.2 Å². The van der Waals surface area contributed by atoms with Crippen molar-refractivity contribution in [3.8, 4) is 0 Å². The van der Waals surface area contributed by atoms with Gasteiger partial charge in [0.15, 0.2) is 9.84 Å². The molecule has 0 bridgehead atoms. The third kappa shape index (κ3) is 4.65. The summed E-state index contributed by atoms with van der Waals surface area (Å²) in [6, 6.07) is -1.20. The molecule has 0 aromatic carbocycles. The number of sulfone groups is 1. The SMILES string of the molecule is CSCC[C@H](N[C@@H]1CS(=O)(=O)C[C@@H]1Cl)C(=O)O. The molecule has 0 spiro atoms. The van der Waals surface area contributed by atoms with Crippen LogP contribution in [-0.2, 0) is 14.6 Å². The number of carbonyl (C=O) groups is 1. The maximum absolute atomic E-state index is 11.3. The molecule has 1 aliphatic rings. The Morgan fingerprint density at radius 3 is 2.65 bits per heavy atom. The summed E-state index contributed by atoms with van der Waals surface area (Å²) in [7, 11) is -3.13. The highest BCUT2D eigenvalue weighted by Gasteiger charge is 2.38. The third-order valence-corrected chi connectivity index (χ3v) is 5.63. The highest BCUT2D eigenvalue weighted by atomic mass is 35.5. The highest BCUT2D eigenvalue weighted by Crippen LogP contribution is 2.19. The standard InChI is InChI=1S/C9H16ClNO4S2/c1-16-3-2-7(9(12)13)11-8-5-17(14,15)4-6(8)10/h6-8,11H,2-5H2,1H3,(H,12,13)/t6-,7-,8+/m0/s1. The van der Waals surface area contributed by atoms with Gasteiger partial charge >= 0.3 is 5.97 Å². The molecule has 1 saturated heterocycles. The smallest absolute Gasteiger partial charge is 0.320 e. The molecule has 1 aliphatic heterocycles. The van der Waals surface area contributed by atoms with Crippen molar-refractivity contribution in [2.24, 2.45) is 0 Å². The second-order valence-electron chi connectivity index (χ2n) is 4.04. The Hall–Kier alpha value is 0.0200. The van der Waals surface area contributed by atoms with Crippen LogP contribution in [0.3, 0.4) is 0 Å². The molecule has 1 rings (SSSR count). The number of nitrogens with one attached hydrogen (secondary N) is 1. The van der Waals surface area contributed by atoms with Gasteiger partial charge in [0.2, 0.25) is 0 Å². The Kier molecular flexibility index (Phi) is 5.56. The van der Waals surface area contributed by atoms with Gasteiger partial charge in [-0.1, -0.05) is 0 Å². The van der Waals surface area contributed by atoms with Crippen LogP contribution in [0.1, 0.15) is 6.42 Å². The lowest BCUT2D eigenvalue weighted by molar-refractivity contribution is -0.139. The lowest BCUT2D eigenvalue weighted by atomic mass is 10.1. The van der Waals surface area contributed by atoms with Crippen molar-refractivity contribution in [3.63, 3.8) is 0 Å². The van der Waals surface area contributed by atoms with Crippen LogP contribution in [0.15, 0.2) is 0 Å². The van der Waals surface area contributed by atoms with Gasteiger partial charge in [-0.3, -0.25) is 10.1 Å². The molecule has 3 atom stereocenters. The van der Waals surface area contributed by atoms with Crippen LogP contribution in [0.5, 0.6) is 0 Å². The molecule has 2 N–H and O–H groups in total. The van der Waals surface area contributed by atoms with Crippen LogP contribution in [0.25, 0.3) is 0 Å². The second kappa shape index (κ2) is 6.26. The quantitative estimate of drug-likeness (QED) is 0.681. The van der Waals surface area contributed by atoms with Gasteiger partial charge in [0.1, 0.15) is 6.04 Å². The molecular weight excluding hydrogens is 286 g/mol. The minimum Gasteiger partial charge on any atom is -0.480 e. The van der Waals surface area contributed by atoms with Crippen LogP contribution in [0, 0.1) is 0 Å². The molecule has 8 heteroatoms. The van der Waals surface area contributed by atoms with Gasteiger partial charge in [-0.05, 0) is 18.4 Å². The lowest BCUT2D eigenvalue weighted by Crippen LogP contribution is -2.47.